The van der Waals surface area contributed by atoms with Gasteiger partial charge in [0.05, 0.1) is 17.3 Å². The molecule has 0 spiro atoms. The molecule has 0 unspecified atom stereocenters. The lowest BCUT2D eigenvalue weighted by Gasteiger charge is -2.32. The molecule has 1 aromatic rings. The van der Waals surface area contributed by atoms with Gasteiger partial charge in [0, 0.05) is 30.2 Å². The highest BCUT2D eigenvalue weighted by Gasteiger charge is 2.52. The molecule has 0 atom stereocenters. The van der Waals surface area contributed by atoms with E-state index in [4.69, 9.17) is 14.6 Å². The van der Waals surface area contributed by atoms with E-state index in [0.717, 1.165) is 0 Å². The molecule has 0 aromatic carbocycles. The van der Waals surface area contributed by atoms with Crippen LogP contribution in [0.1, 0.15) is 39.8 Å². The number of halogens is 1. The van der Waals surface area contributed by atoms with E-state index in [-0.39, 0.29) is 0 Å². The zero-order chi connectivity index (χ0) is 15.0. The van der Waals surface area contributed by atoms with Crippen LogP contribution < -0.4 is 5.46 Å². The number of nitrogens with zero attached hydrogens (tertiary/aromatic N) is 2. The summed E-state index contributed by atoms with van der Waals surface area (Å²) in [6.45, 7) is 7.67. The smallest absolute Gasteiger partial charge is 0.399 e. The van der Waals surface area contributed by atoms with Crippen molar-refractivity contribution in [2.45, 2.75) is 51.7 Å². The molecule has 4 nitrogen and oxygen atoms in total. The third-order valence-electron chi connectivity index (χ3n) is 3.94. The number of pyridine rings is 1. The molecule has 0 bridgehead atoms. The van der Waals surface area contributed by atoms with Gasteiger partial charge in [0.25, 0.3) is 0 Å². The van der Waals surface area contributed by atoms with Crippen LogP contribution in [-0.2, 0) is 15.7 Å². The Labute approximate surface area is 119 Å². The number of aryl methyl sites for hydroxylation is 1. The maximum Gasteiger partial charge on any atom is 0.499 e. The Morgan fingerprint density at radius 1 is 1.30 bits per heavy atom. The van der Waals surface area contributed by atoms with Crippen LogP contribution in [0, 0.1) is 17.1 Å². The third-order valence-corrected chi connectivity index (χ3v) is 3.94. The Morgan fingerprint density at radius 3 is 2.40 bits per heavy atom. The molecular weight excluding hydrogens is 258 g/mol. The number of hydrogen-bond donors (Lipinski definition) is 0. The minimum Gasteiger partial charge on any atom is -0.399 e. The van der Waals surface area contributed by atoms with Crippen LogP contribution >= 0.6 is 0 Å². The zero-order valence-corrected chi connectivity index (χ0v) is 12.2. The average molecular weight is 276 g/mol. The topological polar surface area (TPSA) is 55.1 Å². The summed E-state index contributed by atoms with van der Waals surface area (Å²) in [5.41, 5.74) is -0.165. The van der Waals surface area contributed by atoms with Crippen LogP contribution in [0.3, 0.4) is 0 Å². The van der Waals surface area contributed by atoms with Crippen molar-refractivity contribution >= 4 is 12.6 Å². The Bertz CT molecular complexity index is 539. The van der Waals surface area contributed by atoms with E-state index in [1.54, 1.807) is 0 Å². The molecule has 0 saturated carbocycles. The summed E-state index contributed by atoms with van der Waals surface area (Å²) < 4.78 is 25.7. The number of rotatable bonds is 3. The monoisotopic (exact) mass is 276 g/mol. The van der Waals surface area contributed by atoms with Crippen molar-refractivity contribution in [1.29, 1.82) is 5.26 Å². The standard InChI is InChI=1S/C14H18BFN2O2/c1-13(2)14(3,4)20-15(19-13)11-9-18-10(6-5-7-17)8-12(11)16/h8-9H,5-6H2,1-4H3. The molecule has 2 rings (SSSR count). The normalized spacial score (nSPS) is 19.9. The Hall–Kier alpha value is -1.45. The highest BCUT2D eigenvalue weighted by Crippen LogP contribution is 2.36. The van der Waals surface area contributed by atoms with Gasteiger partial charge in [-0.05, 0) is 33.8 Å². The molecule has 0 radical (unpaired) electrons. The van der Waals surface area contributed by atoms with Crippen molar-refractivity contribution in [2.75, 3.05) is 0 Å². The van der Waals surface area contributed by atoms with E-state index >= 15 is 0 Å². The molecule has 1 aliphatic heterocycles. The van der Waals surface area contributed by atoms with Crippen molar-refractivity contribution in [3.05, 3.63) is 23.8 Å². The molecule has 0 aliphatic carbocycles. The number of aromatic nitrogens is 1. The predicted molar refractivity (Wildman–Crippen MR) is 73.8 cm³/mol. The van der Waals surface area contributed by atoms with Crippen molar-refractivity contribution in [3.63, 3.8) is 0 Å². The van der Waals surface area contributed by atoms with E-state index < -0.39 is 24.1 Å². The maximum atomic E-state index is 14.2. The average Bonchev–Trinajstić information content (AvgIpc) is 2.55. The Kier molecular flexibility index (Phi) is 3.85. The lowest BCUT2D eigenvalue weighted by Crippen LogP contribution is -2.41. The van der Waals surface area contributed by atoms with Gasteiger partial charge in [-0.25, -0.2) is 4.39 Å². The first-order valence-corrected chi connectivity index (χ1v) is 6.64. The number of hydrogen-bond acceptors (Lipinski definition) is 4. The van der Waals surface area contributed by atoms with Crippen molar-refractivity contribution in [3.8, 4) is 6.07 Å². The van der Waals surface area contributed by atoms with Gasteiger partial charge in [0.1, 0.15) is 5.82 Å². The van der Waals surface area contributed by atoms with Crippen LogP contribution in [0.4, 0.5) is 4.39 Å². The second-order valence-corrected chi connectivity index (χ2v) is 5.94. The lowest BCUT2D eigenvalue weighted by molar-refractivity contribution is 0.00578. The van der Waals surface area contributed by atoms with Crippen LogP contribution in [0.2, 0.25) is 0 Å². The second kappa shape index (κ2) is 5.15. The van der Waals surface area contributed by atoms with Gasteiger partial charge >= 0.3 is 7.12 Å². The van der Waals surface area contributed by atoms with Crippen LogP contribution in [0.25, 0.3) is 0 Å². The lowest BCUT2D eigenvalue weighted by atomic mass is 9.79. The highest BCUT2D eigenvalue weighted by atomic mass is 19.1. The Balaban J connectivity index is 2.21. The zero-order valence-electron chi connectivity index (χ0n) is 12.2. The molecule has 106 valence electrons. The van der Waals surface area contributed by atoms with Crippen molar-refractivity contribution < 1.29 is 13.7 Å². The summed E-state index contributed by atoms with van der Waals surface area (Å²) in [4.78, 5) is 4.17. The van der Waals surface area contributed by atoms with Gasteiger partial charge in [-0.3, -0.25) is 4.98 Å². The first-order chi connectivity index (χ1) is 9.27. The quantitative estimate of drug-likeness (QED) is 0.792. The fraction of sp³-hybridized carbons (Fsp3) is 0.571. The van der Waals surface area contributed by atoms with E-state index in [1.165, 1.54) is 12.3 Å². The maximum absolute atomic E-state index is 14.2. The van der Waals surface area contributed by atoms with Crippen molar-refractivity contribution in [1.82, 2.24) is 4.98 Å². The van der Waals surface area contributed by atoms with Crippen molar-refractivity contribution in [2.24, 2.45) is 0 Å². The largest absolute Gasteiger partial charge is 0.499 e. The SMILES string of the molecule is CC1(C)OB(c2cnc(CCC#N)cc2F)OC1(C)C. The summed E-state index contributed by atoms with van der Waals surface area (Å²) in [7, 11) is -0.752. The van der Waals surface area contributed by atoms with Crippen LogP contribution in [-0.4, -0.2) is 23.3 Å². The fourth-order valence-corrected chi connectivity index (χ4v) is 1.95. The molecule has 1 aliphatic rings. The van der Waals surface area contributed by atoms with E-state index in [9.17, 15) is 4.39 Å². The van der Waals surface area contributed by atoms with Gasteiger partial charge in [0.2, 0.25) is 0 Å². The van der Waals surface area contributed by atoms with Crippen LogP contribution in [0.15, 0.2) is 12.3 Å². The van der Waals surface area contributed by atoms with Gasteiger partial charge in [-0.1, -0.05) is 0 Å². The summed E-state index contributed by atoms with van der Waals surface area (Å²) in [6, 6.07) is 3.36. The molecule has 20 heavy (non-hydrogen) atoms. The van der Waals surface area contributed by atoms with Gasteiger partial charge in [0.15, 0.2) is 0 Å². The second-order valence-electron chi connectivity index (χ2n) is 5.94. The summed E-state index contributed by atoms with van der Waals surface area (Å²) in [5, 5.41) is 8.53. The molecule has 1 saturated heterocycles. The molecule has 0 N–H and O–H groups in total. The van der Waals surface area contributed by atoms with E-state index in [2.05, 4.69) is 4.98 Å². The fourth-order valence-electron chi connectivity index (χ4n) is 1.95. The summed E-state index contributed by atoms with van der Waals surface area (Å²) in [6.07, 6.45) is 2.20. The summed E-state index contributed by atoms with van der Waals surface area (Å²) in [5.74, 6) is -0.411. The predicted octanol–water partition coefficient (Wildman–Crippen LogP) is 1.98. The first kappa shape index (κ1) is 15.0. The molecule has 1 fully saturated rings. The molecule has 1 aromatic heterocycles. The van der Waals surface area contributed by atoms with E-state index in [1.807, 2.05) is 33.8 Å². The minimum atomic E-state index is -0.752. The van der Waals surface area contributed by atoms with Gasteiger partial charge in [-0.15, -0.1) is 0 Å². The minimum absolute atomic E-state index is 0.296. The van der Waals surface area contributed by atoms with E-state index in [0.29, 0.717) is 24.0 Å². The third kappa shape index (κ3) is 2.69. The highest BCUT2D eigenvalue weighted by molar-refractivity contribution is 6.62. The molecular formula is C14H18BFN2O2. The first-order valence-electron chi connectivity index (χ1n) is 6.64. The number of nitriles is 1. The molecule has 2 heterocycles. The Morgan fingerprint density at radius 2 is 1.90 bits per heavy atom. The van der Waals surface area contributed by atoms with Gasteiger partial charge in [-0.2, -0.15) is 5.26 Å². The molecule has 6 heteroatoms. The van der Waals surface area contributed by atoms with Gasteiger partial charge < -0.3 is 9.31 Å². The van der Waals surface area contributed by atoms with Crippen LogP contribution in [0.5, 0.6) is 0 Å². The molecule has 0 amide bonds. The summed E-state index contributed by atoms with van der Waals surface area (Å²) >= 11 is 0.